The molecule has 0 unspecified atom stereocenters. The van der Waals surface area contributed by atoms with Crippen LogP contribution in [0.15, 0.2) is 6.07 Å². The second-order valence-electron chi connectivity index (χ2n) is 4.65. The number of carbonyl (C=O) groups is 1. The monoisotopic (exact) mass is 322 g/mol. The summed E-state index contributed by atoms with van der Waals surface area (Å²) in [5.74, 6) is -0.447. The van der Waals surface area contributed by atoms with Gasteiger partial charge in [0.2, 0.25) is 0 Å². The fourth-order valence-electron chi connectivity index (χ4n) is 2.19. The van der Waals surface area contributed by atoms with E-state index >= 15 is 0 Å². The summed E-state index contributed by atoms with van der Waals surface area (Å²) in [5, 5.41) is 13.3. The normalized spacial score (nSPS) is 30.2. The molecule has 1 aromatic rings. The maximum atomic E-state index is 12.1. The summed E-state index contributed by atoms with van der Waals surface area (Å²) in [7, 11) is 1.50. The van der Waals surface area contributed by atoms with E-state index in [1.807, 2.05) is 0 Å². The van der Waals surface area contributed by atoms with Gasteiger partial charge in [-0.1, -0.05) is 23.2 Å². The average molecular weight is 323 g/mol. The van der Waals surface area contributed by atoms with Crippen molar-refractivity contribution in [3.8, 4) is 0 Å². The molecule has 1 amide bonds. The van der Waals surface area contributed by atoms with Crippen LogP contribution in [0.1, 0.15) is 23.8 Å². The first-order chi connectivity index (χ1) is 9.42. The van der Waals surface area contributed by atoms with Crippen LogP contribution in [0.25, 0.3) is 0 Å². The van der Waals surface area contributed by atoms with E-state index in [0.29, 0.717) is 0 Å². The van der Waals surface area contributed by atoms with Gasteiger partial charge >= 0.3 is 0 Å². The first kappa shape index (κ1) is 15.6. The summed E-state index contributed by atoms with van der Waals surface area (Å²) in [6, 6.07) is 0.892. The number of aromatic amines is 1. The highest BCUT2D eigenvalue weighted by Gasteiger charge is 2.37. The zero-order valence-electron chi connectivity index (χ0n) is 11.0. The van der Waals surface area contributed by atoms with Gasteiger partial charge in [-0.15, -0.1) is 0 Å². The van der Waals surface area contributed by atoms with Crippen LogP contribution in [0.5, 0.6) is 0 Å². The minimum absolute atomic E-state index is 0.157. The summed E-state index contributed by atoms with van der Waals surface area (Å²) < 4.78 is 10.6. The lowest BCUT2D eigenvalue weighted by atomic mass is 9.99. The van der Waals surface area contributed by atoms with Crippen molar-refractivity contribution in [2.24, 2.45) is 0 Å². The summed E-state index contributed by atoms with van der Waals surface area (Å²) >= 11 is 11.6. The van der Waals surface area contributed by atoms with Crippen LogP contribution in [0.2, 0.25) is 10.2 Å². The fraction of sp³-hybridized carbons (Fsp3) is 0.583. The van der Waals surface area contributed by atoms with E-state index in [1.54, 1.807) is 6.92 Å². The number of hydrogen-bond acceptors (Lipinski definition) is 4. The van der Waals surface area contributed by atoms with Gasteiger partial charge in [-0.25, -0.2) is 0 Å². The van der Waals surface area contributed by atoms with Crippen molar-refractivity contribution < 1.29 is 19.4 Å². The fourth-order valence-corrected chi connectivity index (χ4v) is 2.69. The molecule has 2 rings (SSSR count). The van der Waals surface area contributed by atoms with Gasteiger partial charge < -0.3 is 24.9 Å². The van der Waals surface area contributed by atoms with Crippen LogP contribution in [-0.2, 0) is 9.47 Å². The van der Waals surface area contributed by atoms with Gasteiger partial charge in [0.05, 0.1) is 23.3 Å². The van der Waals surface area contributed by atoms with Gasteiger partial charge in [0.15, 0.2) is 6.29 Å². The van der Waals surface area contributed by atoms with Gasteiger partial charge in [0.25, 0.3) is 5.91 Å². The van der Waals surface area contributed by atoms with Gasteiger partial charge in [0.1, 0.15) is 10.8 Å². The predicted molar refractivity (Wildman–Crippen MR) is 74.0 cm³/mol. The summed E-state index contributed by atoms with van der Waals surface area (Å²) in [5.41, 5.74) is 0.157. The summed E-state index contributed by atoms with van der Waals surface area (Å²) in [6.07, 6.45) is -1.35. The lowest BCUT2D eigenvalue weighted by molar-refractivity contribution is -0.208. The number of methoxy groups -OCH3 is 1. The Hall–Kier alpha value is -0.790. The Labute approximate surface area is 126 Å². The minimum atomic E-state index is -0.767. The number of halogens is 2. The zero-order valence-corrected chi connectivity index (χ0v) is 12.5. The van der Waals surface area contributed by atoms with Crippen molar-refractivity contribution >= 4 is 29.1 Å². The Bertz CT molecular complexity index is 482. The molecule has 112 valence electrons. The summed E-state index contributed by atoms with van der Waals surface area (Å²) in [6.45, 7) is 1.75. The Morgan fingerprint density at radius 2 is 2.30 bits per heavy atom. The number of aliphatic hydroxyl groups is 1. The van der Waals surface area contributed by atoms with Gasteiger partial charge in [0, 0.05) is 13.5 Å². The highest BCUT2D eigenvalue weighted by atomic mass is 35.5. The topological polar surface area (TPSA) is 83.6 Å². The largest absolute Gasteiger partial charge is 0.391 e. The molecule has 8 heteroatoms. The molecule has 1 fully saturated rings. The molecule has 1 aliphatic heterocycles. The maximum Gasteiger partial charge on any atom is 0.269 e. The van der Waals surface area contributed by atoms with E-state index in [2.05, 4.69) is 10.3 Å². The van der Waals surface area contributed by atoms with E-state index in [1.165, 1.54) is 13.2 Å². The SMILES string of the molecule is CO[C@@H]1C[C@@H](O)[C@H](NC(=O)c2[nH]c(Cl)cc2Cl)[C@@H](C)O1. The molecule has 6 nitrogen and oxygen atoms in total. The highest BCUT2D eigenvalue weighted by Crippen LogP contribution is 2.23. The molecule has 4 atom stereocenters. The molecule has 2 heterocycles. The Morgan fingerprint density at radius 1 is 1.60 bits per heavy atom. The predicted octanol–water partition coefficient (Wildman–Crippen LogP) is 1.56. The molecule has 0 saturated carbocycles. The number of carbonyl (C=O) groups excluding carboxylic acids is 1. The second kappa shape index (κ2) is 6.32. The molecular weight excluding hydrogens is 307 g/mol. The summed E-state index contributed by atoms with van der Waals surface area (Å²) in [4.78, 5) is 14.8. The van der Waals surface area contributed by atoms with Crippen LogP contribution in [-0.4, -0.2) is 47.6 Å². The number of amides is 1. The number of H-pyrrole nitrogens is 1. The van der Waals surface area contributed by atoms with Crippen molar-refractivity contribution in [3.05, 3.63) is 21.9 Å². The molecule has 0 aromatic carbocycles. The van der Waals surface area contributed by atoms with E-state index in [-0.39, 0.29) is 22.3 Å². The molecule has 0 spiro atoms. The molecule has 3 N–H and O–H groups in total. The first-order valence-electron chi connectivity index (χ1n) is 6.13. The van der Waals surface area contributed by atoms with Crippen molar-refractivity contribution in [1.29, 1.82) is 0 Å². The van der Waals surface area contributed by atoms with Gasteiger partial charge in [-0.3, -0.25) is 4.79 Å². The molecule has 20 heavy (non-hydrogen) atoms. The van der Waals surface area contributed by atoms with Crippen molar-refractivity contribution in [2.45, 2.75) is 37.9 Å². The number of ether oxygens (including phenoxy) is 2. The van der Waals surface area contributed by atoms with Crippen LogP contribution in [0.3, 0.4) is 0 Å². The molecule has 0 aliphatic carbocycles. The smallest absolute Gasteiger partial charge is 0.269 e. The number of aliphatic hydroxyl groups excluding tert-OH is 1. The zero-order chi connectivity index (χ0) is 14.9. The molecule has 0 radical (unpaired) electrons. The number of aromatic nitrogens is 1. The first-order valence-corrected chi connectivity index (χ1v) is 6.89. The third-order valence-electron chi connectivity index (χ3n) is 3.25. The lowest BCUT2D eigenvalue weighted by Crippen LogP contribution is -2.56. The lowest BCUT2D eigenvalue weighted by Gasteiger charge is -2.37. The van der Waals surface area contributed by atoms with Crippen LogP contribution in [0, 0.1) is 0 Å². The number of rotatable bonds is 3. The molecule has 1 aromatic heterocycles. The standard InChI is InChI=1S/C12H16Cl2N2O4/c1-5-10(7(17)4-9(19-2)20-5)16-12(18)11-6(13)3-8(14)15-11/h3,5,7,9-10,15,17H,4H2,1-2H3,(H,16,18)/t5-,7-,9+,10-/m1/s1. The molecule has 1 saturated heterocycles. The van der Waals surface area contributed by atoms with E-state index in [0.717, 1.165) is 0 Å². The molecular formula is C12H16Cl2N2O4. The van der Waals surface area contributed by atoms with Crippen LogP contribution < -0.4 is 5.32 Å². The van der Waals surface area contributed by atoms with Gasteiger partial charge in [-0.05, 0) is 13.0 Å². The van der Waals surface area contributed by atoms with E-state index in [4.69, 9.17) is 32.7 Å². The third-order valence-corrected chi connectivity index (χ3v) is 3.75. The van der Waals surface area contributed by atoms with Crippen LogP contribution in [0.4, 0.5) is 0 Å². The number of nitrogens with one attached hydrogen (secondary N) is 2. The second-order valence-corrected chi connectivity index (χ2v) is 5.46. The Kier molecular flexibility index (Phi) is 4.93. The minimum Gasteiger partial charge on any atom is -0.391 e. The van der Waals surface area contributed by atoms with Crippen molar-refractivity contribution in [1.82, 2.24) is 10.3 Å². The quantitative estimate of drug-likeness (QED) is 0.788. The Morgan fingerprint density at radius 3 is 2.80 bits per heavy atom. The average Bonchev–Trinajstić information content (AvgIpc) is 2.72. The van der Waals surface area contributed by atoms with E-state index < -0.39 is 30.4 Å². The van der Waals surface area contributed by atoms with Crippen LogP contribution >= 0.6 is 23.2 Å². The van der Waals surface area contributed by atoms with E-state index in [9.17, 15) is 9.90 Å². The third kappa shape index (κ3) is 3.27. The molecule has 1 aliphatic rings. The molecule has 0 bridgehead atoms. The Balaban J connectivity index is 2.06. The number of hydrogen-bond donors (Lipinski definition) is 3. The highest BCUT2D eigenvalue weighted by molar-refractivity contribution is 6.36. The van der Waals surface area contributed by atoms with Crippen molar-refractivity contribution in [3.63, 3.8) is 0 Å². The maximum absolute atomic E-state index is 12.1. The van der Waals surface area contributed by atoms with Gasteiger partial charge in [-0.2, -0.15) is 0 Å². The van der Waals surface area contributed by atoms with Crippen molar-refractivity contribution in [2.75, 3.05) is 7.11 Å².